The molecule has 1 aliphatic rings. The van der Waals surface area contributed by atoms with Gasteiger partial charge in [-0.05, 0) is 37.3 Å². The van der Waals surface area contributed by atoms with Crippen LogP contribution >= 0.6 is 0 Å². The molecule has 5 nitrogen and oxygen atoms in total. The van der Waals surface area contributed by atoms with Gasteiger partial charge in [0.1, 0.15) is 5.75 Å². The van der Waals surface area contributed by atoms with E-state index in [0.717, 1.165) is 11.4 Å². The van der Waals surface area contributed by atoms with Gasteiger partial charge in [-0.25, -0.2) is 0 Å². The van der Waals surface area contributed by atoms with Crippen LogP contribution in [0.1, 0.15) is 12.6 Å². The van der Waals surface area contributed by atoms with E-state index in [0.29, 0.717) is 18.0 Å². The summed E-state index contributed by atoms with van der Waals surface area (Å²) in [6.07, 6.45) is 1.31. The van der Waals surface area contributed by atoms with Crippen molar-refractivity contribution < 1.29 is 9.53 Å². The van der Waals surface area contributed by atoms with Gasteiger partial charge in [-0.15, -0.1) is 0 Å². The zero-order chi connectivity index (χ0) is 13.9. The molecule has 1 unspecified atom stereocenters. The lowest BCUT2D eigenvalue weighted by Crippen LogP contribution is -2.34. The number of benzene rings is 1. The van der Waals surface area contributed by atoms with Crippen molar-refractivity contribution in [3.05, 3.63) is 48.3 Å². The number of amides is 1. The molecule has 1 aromatic carbocycles. The van der Waals surface area contributed by atoms with Gasteiger partial charge in [-0.1, -0.05) is 6.07 Å². The van der Waals surface area contributed by atoms with Crippen LogP contribution in [-0.4, -0.2) is 17.0 Å². The van der Waals surface area contributed by atoms with E-state index in [1.807, 2.05) is 36.4 Å². The van der Waals surface area contributed by atoms with E-state index in [1.165, 1.54) is 0 Å². The molecular weight excluding hydrogens is 254 g/mol. The molecule has 1 amide bonds. The molecule has 2 aromatic rings. The molecule has 0 spiro atoms. The number of anilines is 2. The number of nitrogens with one attached hydrogen (secondary N) is 2. The standard InChI is InChI=1S/C15H15N3O2/c1-10-15(19)18-13-8-11(5-6-14(13)20-10)17-9-12-4-2-3-7-16-12/h2-8,10,17H,9H2,1H3,(H,18,19). The summed E-state index contributed by atoms with van der Waals surface area (Å²) in [6.45, 7) is 2.36. The Kier molecular flexibility index (Phi) is 3.25. The first-order chi connectivity index (χ1) is 9.72. The maximum atomic E-state index is 11.6. The molecule has 0 saturated heterocycles. The second kappa shape index (κ2) is 5.21. The molecule has 20 heavy (non-hydrogen) atoms. The molecule has 1 aliphatic heterocycles. The van der Waals surface area contributed by atoms with Crippen molar-refractivity contribution >= 4 is 17.3 Å². The third kappa shape index (κ3) is 2.56. The smallest absolute Gasteiger partial charge is 0.265 e. The van der Waals surface area contributed by atoms with E-state index < -0.39 is 6.10 Å². The Hall–Kier alpha value is -2.56. The van der Waals surface area contributed by atoms with Crippen LogP contribution in [0.3, 0.4) is 0 Å². The number of hydrogen-bond acceptors (Lipinski definition) is 4. The maximum absolute atomic E-state index is 11.6. The Bertz CT molecular complexity index is 628. The minimum absolute atomic E-state index is 0.126. The van der Waals surface area contributed by atoms with Crippen LogP contribution in [0.25, 0.3) is 0 Å². The highest BCUT2D eigenvalue weighted by molar-refractivity contribution is 5.98. The lowest BCUT2D eigenvalue weighted by atomic mass is 10.2. The van der Waals surface area contributed by atoms with Crippen LogP contribution in [0, 0.1) is 0 Å². The lowest BCUT2D eigenvalue weighted by Gasteiger charge is -2.23. The fourth-order valence-corrected chi connectivity index (χ4v) is 2.01. The van der Waals surface area contributed by atoms with E-state index in [-0.39, 0.29) is 5.91 Å². The number of carbonyl (C=O) groups is 1. The third-order valence-corrected chi connectivity index (χ3v) is 3.11. The molecule has 0 bridgehead atoms. The van der Waals surface area contributed by atoms with Gasteiger partial charge in [0.05, 0.1) is 17.9 Å². The molecule has 0 radical (unpaired) electrons. The highest BCUT2D eigenvalue weighted by Crippen LogP contribution is 2.32. The summed E-state index contributed by atoms with van der Waals surface area (Å²) < 4.78 is 5.51. The van der Waals surface area contributed by atoms with Crippen molar-refractivity contribution in [1.29, 1.82) is 0 Å². The Balaban J connectivity index is 1.73. The van der Waals surface area contributed by atoms with Gasteiger partial charge < -0.3 is 15.4 Å². The van der Waals surface area contributed by atoms with Gasteiger partial charge in [0.15, 0.2) is 6.10 Å². The normalized spacial score (nSPS) is 16.9. The fourth-order valence-electron chi connectivity index (χ4n) is 2.01. The lowest BCUT2D eigenvalue weighted by molar-refractivity contribution is -0.122. The average molecular weight is 269 g/mol. The number of hydrogen-bond donors (Lipinski definition) is 2. The number of pyridine rings is 1. The van der Waals surface area contributed by atoms with Gasteiger partial charge >= 0.3 is 0 Å². The van der Waals surface area contributed by atoms with Gasteiger partial charge in [0, 0.05) is 11.9 Å². The maximum Gasteiger partial charge on any atom is 0.265 e. The highest BCUT2D eigenvalue weighted by atomic mass is 16.5. The van der Waals surface area contributed by atoms with Crippen LogP contribution in [0.15, 0.2) is 42.6 Å². The Morgan fingerprint density at radius 2 is 2.25 bits per heavy atom. The van der Waals surface area contributed by atoms with Gasteiger partial charge in [0.25, 0.3) is 5.91 Å². The van der Waals surface area contributed by atoms with Crippen molar-refractivity contribution in [2.24, 2.45) is 0 Å². The second-order valence-corrected chi connectivity index (χ2v) is 4.63. The van der Waals surface area contributed by atoms with Crippen LogP contribution in [0.5, 0.6) is 5.75 Å². The molecule has 0 saturated carbocycles. The first-order valence-corrected chi connectivity index (χ1v) is 6.48. The Morgan fingerprint density at radius 1 is 1.35 bits per heavy atom. The molecule has 0 aliphatic carbocycles. The minimum atomic E-state index is -0.449. The largest absolute Gasteiger partial charge is 0.479 e. The quantitative estimate of drug-likeness (QED) is 0.898. The number of carbonyl (C=O) groups excluding carboxylic acids is 1. The first-order valence-electron chi connectivity index (χ1n) is 6.48. The van der Waals surface area contributed by atoms with Crippen LogP contribution < -0.4 is 15.4 Å². The van der Waals surface area contributed by atoms with E-state index in [9.17, 15) is 4.79 Å². The van der Waals surface area contributed by atoms with E-state index in [1.54, 1.807) is 13.1 Å². The second-order valence-electron chi connectivity index (χ2n) is 4.63. The summed E-state index contributed by atoms with van der Waals surface area (Å²) in [4.78, 5) is 15.8. The molecule has 2 N–H and O–H groups in total. The predicted molar refractivity (Wildman–Crippen MR) is 76.7 cm³/mol. The van der Waals surface area contributed by atoms with Gasteiger partial charge in [-0.3, -0.25) is 9.78 Å². The number of ether oxygens (including phenoxy) is 1. The van der Waals surface area contributed by atoms with Crippen molar-refractivity contribution in [3.63, 3.8) is 0 Å². The predicted octanol–water partition coefficient (Wildman–Crippen LogP) is 2.41. The van der Waals surface area contributed by atoms with Crippen molar-refractivity contribution in [2.45, 2.75) is 19.6 Å². The number of aromatic nitrogens is 1. The molecule has 2 heterocycles. The molecule has 102 valence electrons. The Labute approximate surface area is 117 Å². The van der Waals surface area contributed by atoms with Crippen LogP contribution in [0.4, 0.5) is 11.4 Å². The molecule has 1 aromatic heterocycles. The zero-order valence-corrected chi connectivity index (χ0v) is 11.1. The van der Waals surface area contributed by atoms with Gasteiger partial charge in [0.2, 0.25) is 0 Å². The first kappa shape index (κ1) is 12.5. The van der Waals surface area contributed by atoms with Crippen LogP contribution in [0.2, 0.25) is 0 Å². The third-order valence-electron chi connectivity index (χ3n) is 3.11. The topological polar surface area (TPSA) is 63.2 Å². The zero-order valence-electron chi connectivity index (χ0n) is 11.1. The summed E-state index contributed by atoms with van der Waals surface area (Å²) in [7, 11) is 0. The number of nitrogens with zero attached hydrogens (tertiary/aromatic N) is 1. The van der Waals surface area contributed by atoms with E-state index >= 15 is 0 Å². The summed E-state index contributed by atoms with van der Waals surface area (Å²) in [6, 6.07) is 11.4. The Morgan fingerprint density at radius 3 is 3.05 bits per heavy atom. The molecule has 3 rings (SSSR count). The molecular formula is C15H15N3O2. The number of rotatable bonds is 3. The molecule has 0 fully saturated rings. The van der Waals surface area contributed by atoms with Crippen molar-refractivity contribution in [2.75, 3.05) is 10.6 Å². The number of fused-ring (bicyclic) bond motifs is 1. The summed E-state index contributed by atoms with van der Waals surface area (Å²) in [5.74, 6) is 0.569. The fraction of sp³-hybridized carbons (Fsp3) is 0.200. The van der Waals surface area contributed by atoms with Crippen molar-refractivity contribution in [1.82, 2.24) is 4.98 Å². The highest BCUT2D eigenvalue weighted by Gasteiger charge is 2.23. The van der Waals surface area contributed by atoms with Gasteiger partial charge in [-0.2, -0.15) is 0 Å². The molecule has 1 atom stereocenters. The summed E-state index contributed by atoms with van der Waals surface area (Å²) >= 11 is 0. The summed E-state index contributed by atoms with van der Waals surface area (Å²) in [5, 5.41) is 6.10. The van der Waals surface area contributed by atoms with E-state index in [2.05, 4.69) is 15.6 Å². The van der Waals surface area contributed by atoms with E-state index in [4.69, 9.17) is 4.74 Å². The van der Waals surface area contributed by atoms with Crippen molar-refractivity contribution in [3.8, 4) is 5.75 Å². The van der Waals surface area contributed by atoms with Crippen LogP contribution in [-0.2, 0) is 11.3 Å². The average Bonchev–Trinajstić information content (AvgIpc) is 2.47. The monoisotopic (exact) mass is 269 g/mol. The SMILES string of the molecule is CC1Oc2ccc(NCc3ccccn3)cc2NC1=O. The summed E-state index contributed by atoms with van der Waals surface area (Å²) in [5.41, 5.74) is 2.56. The molecule has 5 heteroatoms. The minimum Gasteiger partial charge on any atom is -0.479 e.